The third-order valence-corrected chi connectivity index (χ3v) is 18.3. The summed E-state index contributed by atoms with van der Waals surface area (Å²) in [5.41, 5.74) is 4.50. The molecule has 2 rings (SSSR count). The molecule has 2 aromatic carbocycles. The van der Waals surface area contributed by atoms with Crippen molar-refractivity contribution in [1.82, 2.24) is 0 Å². The first-order valence-corrected chi connectivity index (χ1v) is 17.8. The SMILES string of the molecule is CCCCCC[Si](CC)(CC)O[Si](CC)(CC)Cc1ccc(-c2ccc(C#N)cc2)cc1. The van der Waals surface area contributed by atoms with E-state index in [9.17, 15) is 0 Å². The summed E-state index contributed by atoms with van der Waals surface area (Å²) < 4.78 is 7.39. The van der Waals surface area contributed by atoms with Gasteiger partial charge in [0.15, 0.2) is 16.6 Å². The standard InChI is InChI=1S/C28H43NOSi2/c1-6-11-12-13-22-31(7-2,8-3)30-32(9-4,10-5)24-26-16-20-28(21-17-26)27-18-14-25(23-29)15-19-27/h14-21H,6-13,22,24H2,1-5H3. The summed E-state index contributed by atoms with van der Waals surface area (Å²) in [6.07, 6.45) is 5.36. The van der Waals surface area contributed by atoms with Gasteiger partial charge >= 0.3 is 0 Å². The molecule has 2 aromatic rings. The van der Waals surface area contributed by atoms with Crippen LogP contribution in [0, 0.1) is 11.3 Å². The van der Waals surface area contributed by atoms with Crippen LogP contribution in [-0.2, 0) is 10.2 Å². The van der Waals surface area contributed by atoms with Gasteiger partial charge in [0.25, 0.3) is 0 Å². The fourth-order valence-electron chi connectivity index (χ4n) is 4.74. The van der Waals surface area contributed by atoms with E-state index in [1.165, 1.54) is 67.0 Å². The molecule has 0 atom stereocenters. The zero-order valence-electron chi connectivity index (χ0n) is 21.0. The second kappa shape index (κ2) is 13.1. The highest BCUT2D eigenvalue weighted by atomic mass is 28.4. The number of hydrogen-bond donors (Lipinski definition) is 0. The van der Waals surface area contributed by atoms with E-state index in [1.807, 2.05) is 24.3 Å². The summed E-state index contributed by atoms with van der Waals surface area (Å²) in [4.78, 5) is 0. The van der Waals surface area contributed by atoms with E-state index in [1.54, 1.807) is 0 Å². The van der Waals surface area contributed by atoms with Crippen molar-refractivity contribution in [2.45, 2.75) is 96.6 Å². The molecule has 0 radical (unpaired) electrons. The molecule has 0 fully saturated rings. The average molecular weight is 466 g/mol. The van der Waals surface area contributed by atoms with E-state index in [-0.39, 0.29) is 0 Å². The van der Waals surface area contributed by atoms with Gasteiger partial charge in [0.1, 0.15) is 0 Å². The Bertz CT molecular complexity index is 831. The molecule has 4 heteroatoms. The van der Waals surface area contributed by atoms with Gasteiger partial charge in [-0.05, 0) is 65.1 Å². The van der Waals surface area contributed by atoms with Gasteiger partial charge in [-0.3, -0.25) is 0 Å². The molecule has 0 unspecified atom stereocenters. The Labute approximate surface area is 199 Å². The Morgan fingerprint density at radius 1 is 0.688 bits per heavy atom. The molecule has 0 aliphatic carbocycles. The molecule has 174 valence electrons. The molecular weight excluding hydrogens is 422 g/mol. The molecule has 0 bridgehead atoms. The van der Waals surface area contributed by atoms with Crippen molar-refractivity contribution in [3.8, 4) is 17.2 Å². The van der Waals surface area contributed by atoms with Crippen molar-refractivity contribution < 1.29 is 4.12 Å². The van der Waals surface area contributed by atoms with Crippen molar-refractivity contribution in [3.63, 3.8) is 0 Å². The molecule has 0 amide bonds. The van der Waals surface area contributed by atoms with Gasteiger partial charge in [-0.25, -0.2) is 0 Å². The lowest BCUT2D eigenvalue weighted by Crippen LogP contribution is -2.52. The first-order chi connectivity index (χ1) is 15.5. The number of nitrogens with zero attached hydrogens (tertiary/aromatic N) is 1. The third kappa shape index (κ3) is 7.17. The third-order valence-electron chi connectivity index (χ3n) is 7.32. The first kappa shape index (κ1) is 26.6. The molecule has 32 heavy (non-hydrogen) atoms. The second-order valence-corrected chi connectivity index (χ2v) is 18.5. The Balaban J connectivity index is 2.16. The van der Waals surface area contributed by atoms with Crippen LogP contribution in [0.3, 0.4) is 0 Å². The van der Waals surface area contributed by atoms with Crippen LogP contribution in [0.2, 0.25) is 30.2 Å². The van der Waals surface area contributed by atoms with Crippen LogP contribution in [0.5, 0.6) is 0 Å². The van der Waals surface area contributed by atoms with Crippen LogP contribution in [0.25, 0.3) is 11.1 Å². The van der Waals surface area contributed by atoms with Crippen LogP contribution >= 0.6 is 0 Å². The van der Waals surface area contributed by atoms with Crippen molar-refractivity contribution in [1.29, 1.82) is 5.26 Å². The van der Waals surface area contributed by atoms with E-state index in [4.69, 9.17) is 9.38 Å². The van der Waals surface area contributed by atoms with Crippen LogP contribution in [0.15, 0.2) is 48.5 Å². The fourth-order valence-corrected chi connectivity index (χ4v) is 15.5. The minimum absolute atomic E-state index is 0.707. The van der Waals surface area contributed by atoms with Crippen LogP contribution in [-0.4, -0.2) is 16.6 Å². The molecule has 0 aliphatic rings. The topological polar surface area (TPSA) is 33.0 Å². The first-order valence-electron chi connectivity index (χ1n) is 12.8. The Hall–Kier alpha value is -1.68. The number of rotatable bonds is 14. The molecular formula is C28H43NOSi2. The van der Waals surface area contributed by atoms with Gasteiger partial charge in [-0.1, -0.05) is 96.7 Å². The lowest BCUT2D eigenvalue weighted by molar-refractivity contribution is 0.498. The largest absolute Gasteiger partial charge is 0.455 e. The number of unbranched alkanes of at least 4 members (excludes halogenated alkanes) is 3. The van der Waals surface area contributed by atoms with Gasteiger partial charge in [0, 0.05) is 0 Å². The Morgan fingerprint density at radius 3 is 1.69 bits per heavy atom. The van der Waals surface area contributed by atoms with E-state index in [2.05, 4.69) is 65.0 Å². The van der Waals surface area contributed by atoms with Crippen molar-refractivity contribution in [2.24, 2.45) is 0 Å². The number of hydrogen-bond acceptors (Lipinski definition) is 2. The maximum Gasteiger partial charge on any atom is 0.183 e. The molecule has 0 aliphatic heterocycles. The normalized spacial score (nSPS) is 12.0. The number of benzene rings is 2. The van der Waals surface area contributed by atoms with Crippen LogP contribution in [0.4, 0.5) is 0 Å². The quantitative estimate of drug-likeness (QED) is 0.206. The molecule has 0 aromatic heterocycles. The van der Waals surface area contributed by atoms with Crippen molar-refractivity contribution >= 4 is 16.6 Å². The summed E-state index contributed by atoms with van der Waals surface area (Å²) in [6.45, 7) is 11.8. The maximum atomic E-state index is 9.02. The van der Waals surface area contributed by atoms with Gasteiger partial charge in [-0.2, -0.15) is 5.26 Å². The zero-order chi connectivity index (χ0) is 23.5. The van der Waals surface area contributed by atoms with Crippen LogP contribution < -0.4 is 0 Å². The minimum atomic E-state index is -1.81. The zero-order valence-corrected chi connectivity index (χ0v) is 23.0. The molecule has 0 spiro atoms. The highest BCUT2D eigenvalue weighted by molar-refractivity contribution is 6.86. The van der Waals surface area contributed by atoms with E-state index in [0.29, 0.717) is 5.56 Å². The molecule has 0 heterocycles. The highest BCUT2D eigenvalue weighted by Crippen LogP contribution is 2.34. The molecule has 2 nitrogen and oxygen atoms in total. The van der Waals surface area contributed by atoms with Gasteiger partial charge in [0.2, 0.25) is 0 Å². The van der Waals surface area contributed by atoms with Gasteiger partial charge < -0.3 is 4.12 Å². The van der Waals surface area contributed by atoms with E-state index in [0.717, 1.165) is 11.6 Å². The summed E-state index contributed by atoms with van der Waals surface area (Å²) >= 11 is 0. The maximum absolute atomic E-state index is 9.02. The predicted octanol–water partition coefficient (Wildman–Crippen LogP) is 8.87. The smallest absolute Gasteiger partial charge is 0.183 e. The highest BCUT2D eigenvalue weighted by Gasteiger charge is 2.41. The minimum Gasteiger partial charge on any atom is -0.455 e. The summed E-state index contributed by atoms with van der Waals surface area (Å²) in [6, 6.07) is 26.5. The van der Waals surface area contributed by atoms with E-state index >= 15 is 0 Å². The van der Waals surface area contributed by atoms with Gasteiger partial charge in [0.05, 0.1) is 11.6 Å². The second-order valence-electron chi connectivity index (χ2n) is 9.26. The van der Waals surface area contributed by atoms with Gasteiger partial charge in [-0.15, -0.1) is 0 Å². The Morgan fingerprint density at radius 2 is 1.22 bits per heavy atom. The Kier molecular flexibility index (Phi) is 10.9. The lowest BCUT2D eigenvalue weighted by atomic mass is 10.0. The monoisotopic (exact) mass is 465 g/mol. The lowest BCUT2D eigenvalue weighted by Gasteiger charge is -2.41. The summed E-state index contributed by atoms with van der Waals surface area (Å²) in [5, 5.41) is 9.02. The van der Waals surface area contributed by atoms with Crippen LogP contribution in [0.1, 0.15) is 71.4 Å². The fraction of sp³-hybridized carbons (Fsp3) is 0.536. The van der Waals surface area contributed by atoms with E-state index < -0.39 is 16.6 Å². The summed E-state index contributed by atoms with van der Waals surface area (Å²) in [7, 11) is -3.48. The molecule has 0 N–H and O–H groups in total. The van der Waals surface area contributed by atoms with Crippen molar-refractivity contribution in [2.75, 3.05) is 0 Å². The molecule has 0 saturated heterocycles. The molecule has 0 saturated carbocycles. The number of nitriles is 1. The predicted molar refractivity (Wildman–Crippen MR) is 144 cm³/mol. The average Bonchev–Trinajstić information content (AvgIpc) is 2.86. The van der Waals surface area contributed by atoms with Crippen molar-refractivity contribution in [3.05, 3.63) is 59.7 Å². The summed E-state index contributed by atoms with van der Waals surface area (Å²) in [5.74, 6) is 0.